The zero-order valence-electron chi connectivity index (χ0n) is 14.3. The Bertz CT molecular complexity index is 510. The van der Waals surface area contributed by atoms with Crippen molar-refractivity contribution in [1.29, 1.82) is 0 Å². The number of aryl methyl sites for hydroxylation is 2. The van der Waals surface area contributed by atoms with Gasteiger partial charge in [0.2, 0.25) is 0 Å². The topological polar surface area (TPSA) is 40.5 Å². The average molecular weight is 341 g/mol. The second kappa shape index (κ2) is 8.20. The Balaban J connectivity index is 2.08. The Kier molecular flexibility index (Phi) is 6.56. The van der Waals surface area contributed by atoms with Crippen molar-refractivity contribution in [2.45, 2.75) is 46.4 Å². The Morgan fingerprint density at radius 3 is 2.82 bits per heavy atom. The minimum absolute atomic E-state index is 0.699. The number of thioether (sulfide) groups is 1. The zero-order valence-corrected chi connectivity index (χ0v) is 16.0. The van der Waals surface area contributed by atoms with Gasteiger partial charge in [-0.25, -0.2) is 9.98 Å². The number of hydrogen-bond donors (Lipinski definition) is 1. The molecule has 0 aliphatic carbocycles. The molecule has 0 amide bonds. The molecule has 1 fully saturated rings. The van der Waals surface area contributed by atoms with Crippen LogP contribution < -0.4 is 5.32 Å². The smallest absolute Gasteiger partial charge is 0.194 e. The predicted octanol–water partition coefficient (Wildman–Crippen LogP) is 3.30. The molecule has 1 atom stereocenters. The number of aliphatic imine (C=N–C) groups is 1. The fourth-order valence-electron chi connectivity index (χ4n) is 2.56. The molecule has 6 heteroatoms. The maximum absolute atomic E-state index is 4.87. The molecule has 1 unspecified atom stereocenters. The van der Waals surface area contributed by atoms with E-state index in [1.807, 2.05) is 0 Å². The van der Waals surface area contributed by atoms with Crippen molar-refractivity contribution < 1.29 is 0 Å². The van der Waals surface area contributed by atoms with Crippen LogP contribution in [0.1, 0.15) is 36.3 Å². The van der Waals surface area contributed by atoms with Crippen molar-refractivity contribution in [3.63, 3.8) is 0 Å². The number of nitrogens with zero attached hydrogens (tertiary/aromatic N) is 3. The lowest BCUT2D eigenvalue weighted by Crippen LogP contribution is -2.49. The van der Waals surface area contributed by atoms with E-state index in [4.69, 9.17) is 4.99 Å². The molecule has 0 aromatic carbocycles. The minimum Gasteiger partial charge on any atom is -0.357 e. The molecule has 1 N–H and O–H groups in total. The van der Waals surface area contributed by atoms with E-state index in [0.717, 1.165) is 42.8 Å². The van der Waals surface area contributed by atoms with Crippen LogP contribution >= 0.6 is 23.1 Å². The third-order valence-corrected chi connectivity index (χ3v) is 6.44. The molecule has 1 aliphatic heterocycles. The summed E-state index contributed by atoms with van der Waals surface area (Å²) in [5, 5.41) is 5.29. The Labute approximate surface area is 142 Å². The van der Waals surface area contributed by atoms with Crippen LogP contribution in [0.3, 0.4) is 0 Å². The first kappa shape index (κ1) is 17.6. The highest BCUT2D eigenvalue weighted by atomic mass is 32.2. The lowest BCUT2D eigenvalue weighted by atomic mass is 10.1. The van der Waals surface area contributed by atoms with Crippen LogP contribution in [0.5, 0.6) is 0 Å². The number of thiazole rings is 1. The molecular formula is C16H28N4S2. The van der Waals surface area contributed by atoms with Crippen LogP contribution in [-0.2, 0) is 6.54 Å². The maximum Gasteiger partial charge on any atom is 0.194 e. The van der Waals surface area contributed by atoms with Gasteiger partial charge in [0.25, 0.3) is 0 Å². The molecule has 0 bridgehead atoms. The molecule has 0 radical (unpaired) electrons. The molecular weight excluding hydrogens is 312 g/mol. The summed E-state index contributed by atoms with van der Waals surface area (Å²) in [6.45, 7) is 14.7. The normalized spacial score (nSPS) is 19.8. The minimum atomic E-state index is 0.699. The predicted molar refractivity (Wildman–Crippen MR) is 99.1 cm³/mol. The quantitative estimate of drug-likeness (QED) is 0.674. The van der Waals surface area contributed by atoms with Gasteiger partial charge in [-0.3, -0.25) is 0 Å². The number of guanidine groups is 1. The second-order valence-corrected chi connectivity index (χ2v) is 8.65. The summed E-state index contributed by atoms with van der Waals surface area (Å²) in [6.07, 6.45) is 0. The third kappa shape index (κ3) is 4.62. The number of rotatable bonds is 4. The van der Waals surface area contributed by atoms with Gasteiger partial charge in [-0.15, -0.1) is 11.3 Å². The number of aromatic nitrogens is 1. The van der Waals surface area contributed by atoms with Gasteiger partial charge in [0.05, 0.1) is 17.2 Å². The molecule has 1 aromatic rings. The second-order valence-electron chi connectivity index (χ2n) is 6.01. The van der Waals surface area contributed by atoms with E-state index in [-0.39, 0.29) is 0 Å². The van der Waals surface area contributed by atoms with E-state index < -0.39 is 0 Å². The Morgan fingerprint density at radius 2 is 2.23 bits per heavy atom. The molecule has 1 aliphatic rings. The molecule has 2 rings (SSSR count). The molecule has 1 saturated heterocycles. The largest absolute Gasteiger partial charge is 0.357 e. The summed E-state index contributed by atoms with van der Waals surface area (Å²) < 4.78 is 0. The summed E-state index contributed by atoms with van der Waals surface area (Å²) in [6, 6.07) is 0. The molecule has 2 heterocycles. The van der Waals surface area contributed by atoms with Crippen LogP contribution in [-0.4, -0.2) is 46.5 Å². The van der Waals surface area contributed by atoms with Crippen LogP contribution in [0.15, 0.2) is 4.99 Å². The van der Waals surface area contributed by atoms with Gasteiger partial charge in [0.15, 0.2) is 5.96 Å². The third-order valence-electron chi connectivity index (χ3n) is 3.84. The van der Waals surface area contributed by atoms with Gasteiger partial charge in [-0.2, -0.15) is 11.8 Å². The average Bonchev–Trinajstić information content (AvgIpc) is 2.81. The van der Waals surface area contributed by atoms with E-state index in [2.05, 4.69) is 61.6 Å². The van der Waals surface area contributed by atoms with Crippen LogP contribution in [0.4, 0.5) is 0 Å². The van der Waals surface area contributed by atoms with E-state index in [1.54, 1.807) is 11.3 Å². The zero-order chi connectivity index (χ0) is 16.1. The SMILES string of the molecule is CCNC(=NCc1sc(C)nc1C)N1CCSC(C(C)C)C1. The number of nitrogens with one attached hydrogen (secondary N) is 1. The van der Waals surface area contributed by atoms with Crippen LogP contribution in [0.2, 0.25) is 0 Å². The van der Waals surface area contributed by atoms with Gasteiger partial charge in [0.1, 0.15) is 0 Å². The maximum atomic E-state index is 4.87. The Hall–Kier alpha value is -0.750. The molecule has 1 aromatic heterocycles. The van der Waals surface area contributed by atoms with Crippen molar-refractivity contribution in [3.8, 4) is 0 Å². The summed E-state index contributed by atoms with van der Waals surface area (Å²) in [5.74, 6) is 2.95. The molecule has 124 valence electrons. The highest BCUT2D eigenvalue weighted by molar-refractivity contribution is 8.00. The fourth-order valence-corrected chi connectivity index (χ4v) is 4.72. The lowest BCUT2D eigenvalue weighted by Gasteiger charge is -2.36. The number of hydrogen-bond acceptors (Lipinski definition) is 4. The van der Waals surface area contributed by atoms with Crippen LogP contribution in [0.25, 0.3) is 0 Å². The van der Waals surface area contributed by atoms with E-state index in [1.165, 1.54) is 10.6 Å². The van der Waals surface area contributed by atoms with Crippen molar-refractivity contribution in [2.24, 2.45) is 10.9 Å². The molecule has 4 nitrogen and oxygen atoms in total. The molecule has 0 saturated carbocycles. The van der Waals surface area contributed by atoms with Crippen LogP contribution in [0, 0.1) is 19.8 Å². The first-order valence-corrected chi connectivity index (χ1v) is 9.95. The fraction of sp³-hybridized carbons (Fsp3) is 0.750. The first-order valence-electron chi connectivity index (χ1n) is 8.09. The van der Waals surface area contributed by atoms with E-state index in [9.17, 15) is 0 Å². The highest BCUT2D eigenvalue weighted by Crippen LogP contribution is 2.25. The van der Waals surface area contributed by atoms with E-state index >= 15 is 0 Å². The van der Waals surface area contributed by atoms with Gasteiger partial charge >= 0.3 is 0 Å². The van der Waals surface area contributed by atoms with Crippen molar-refractivity contribution >= 4 is 29.1 Å². The van der Waals surface area contributed by atoms with E-state index in [0.29, 0.717) is 11.2 Å². The summed E-state index contributed by atoms with van der Waals surface area (Å²) >= 11 is 3.86. The van der Waals surface area contributed by atoms with Gasteiger partial charge in [-0.05, 0) is 26.7 Å². The monoisotopic (exact) mass is 340 g/mol. The summed E-state index contributed by atoms with van der Waals surface area (Å²) in [7, 11) is 0. The van der Waals surface area contributed by atoms with Gasteiger partial charge in [-0.1, -0.05) is 13.8 Å². The lowest BCUT2D eigenvalue weighted by molar-refractivity contribution is 0.381. The summed E-state index contributed by atoms with van der Waals surface area (Å²) in [5.41, 5.74) is 1.12. The van der Waals surface area contributed by atoms with Crippen molar-refractivity contribution in [1.82, 2.24) is 15.2 Å². The molecule has 0 spiro atoms. The summed E-state index contributed by atoms with van der Waals surface area (Å²) in [4.78, 5) is 13.1. The van der Waals surface area contributed by atoms with Gasteiger partial charge in [0, 0.05) is 35.5 Å². The Morgan fingerprint density at radius 1 is 1.45 bits per heavy atom. The van der Waals surface area contributed by atoms with Gasteiger partial charge < -0.3 is 10.2 Å². The van der Waals surface area contributed by atoms with Crippen molar-refractivity contribution in [3.05, 3.63) is 15.6 Å². The first-order chi connectivity index (χ1) is 10.5. The highest BCUT2D eigenvalue weighted by Gasteiger charge is 2.24. The standard InChI is InChI=1S/C16H28N4S2/c1-6-17-16(18-9-14-12(4)19-13(5)22-14)20-7-8-21-15(10-20)11(2)3/h11,15H,6-10H2,1-5H3,(H,17,18). The molecule has 22 heavy (non-hydrogen) atoms. The van der Waals surface area contributed by atoms with Crippen molar-refractivity contribution in [2.75, 3.05) is 25.4 Å².